The van der Waals surface area contributed by atoms with Gasteiger partial charge in [-0.15, -0.1) is 5.10 Å². The molecule has 0 saturated carbocycles. The standard InChI is InChI=1S/C19H21N5O/c1-14-6-8-15(9-7-14)4-3-5-18(25)20-17-12-10-16(11-13-17)19-21-22-23-24(19)2/h6-13H,3-5H2,1-2H3,(H,20,25). The Hall–Kier alpha value is -3.02. The monoisotopic (exact) mass is 335 g/mol. The van der Waals surface area contributed by atoms with Crippen LogP contribution >= 0.6 is 0 Å². The number of amides is 1. The lowest BCUT2D eigenvalue weighted by molar-refractivity contribution is -0.116. The molecule has 0 fully saturated rings. The average Bonchev–Trinajstić information content (AvgIpc) is 3.03. The lowest BCUT2D eigenvalue weighted by Crippen LogP contribution is -2.11. The van der Waals surface area contributed by atoms with Crippen LogP contribution in [0.3, 0.4) is 0 Å². The van der Waals surface area contributed by atoms with E-state index in [0.29, 0.717) is 12.2 Å². The summed E-state index contributed by atoms with van der Waals surface area (Å²) in [6, 6.07) is 16.0. The van der Waals surface area contributed by atoms with Gasteiger partial charge in [0.15, 0.2) is 5.82 Å². The molecule has 0 bridgehead atoms. The Morgan fingerprint density at radius 1 is 1.08 bits per heavy atom. The number of aromatic nitrogens is 4. The minimum atomic E-state index is 0.0280. The van der Waals surface area contributed by atoms with Crippen molar-refractivity contribution >= 4 is 11.6 Å². The van der Waals surface area contributed by atoms with Gasteiger partial charge in [-0.1, -0.05) is 29.8 Å². The van der Waals surface area contributed by atoms with Gasteiger partial charge >= 0.3 is 0 Å². The zero-order valence-electron chi connectivity index (χ0n) is 14.4. The molecule has 3 rings (SSSR count). The Morgan fingerprint density at radius 3 is 2.44 bits per heavy atom. The number of benzene rings is 2. The molecule has 1 N–H and O–H groups in total. The quantitative estimate of drug-likeness (QED) is 0.751. The van der Waals surface area contributed by atoms with Gasteiger partial charge in [0.2, 0.25) is 5.91 Å². The van der Waals surface area contributed by atoms with E-state index in [4.69, 9.17) is 0 Å². The molecule has 1 heterocycles. The van der Waals surface area contributed by atoms with Crippen molar-refractivity contribution in [3.63, 3.8) is 0 Å². The maximum atomic E-state index is 12.1. The SMILES string of the molecule is Cc1ccc(CCCC(=O)Nc2ccc(-c3nnnn3C)cc2)cc1. The molecule has 2 aromatic carbocycles. The van der Waals surface area contributed by atoms with Gasteiger partial charge in [0.25, 0.3) is 0 Å². The van der Waals surface area contributed by atoms with Crippen LogP contribution in [-0.2, 0) is 18.3 Å². The summed E-state index contributed by atoms with van der Waals surface area (Å²) < 4.78 is 1.61. The van der Waals surface area contributed by atoms with Gasteiger partial charge in [0.1, 0.15) is 0 Å². The number of hydrogen-bond acceptors (Lipinski definition) is 4. The number of nitrogens with one attached hydrogen (secondary N) is 1. The molecule has 0 atom stereocenters. The van der Waals surface area contributed by atoms with Crippen LogP contribution in [0.2, 0.25) is 0 Å². The van der Waals surface area contributed by atoms with Gasteiger partial charge < -0.3 is 5.32 Å². The fourth-order valence-corrected chi connectivity index (χ4v) is 2.61. The van der Waals surface area contributed by atoms with E-state index in [-0.39, 0.29) is 5.91 Å². The molecular weight excluding hydrogens is 314 g/mol. The molecule has 128 valence electrons. The van der Waals surface area contributed by atoms with Gasteiger partial charge in [0.05, 0.1) is 0 Å². The highest BCUT2D eigenvalue weighted by atomic mass is 16.1. The van der Waals surface area contributed by atoms with E-state index in [1.807, 2.05) is 24.3 Å². The highest BCUT2D eigenvalue weighted by molar-refractivity contribution is 5.90. The van der Waals surface area contributed by atoms with Crippen molar-refractivity contribution in [3.05, 3.63) is 59.7 Å². The van der Waals surface area contributed by atoms with Crippen LogP contribution < -0.4 is 5.32 Å². The zero-order valence-corrected chi connectivity index (χ0v) is 14.4. The molecule has 25 heavy (non-hydrogen) atoms. The first-order valence-electron chi connectivity index (χ1n) is 8.30. The largest absolute Gasteiger partial charge is 0.326 e. The minimum Gasteiger partial charge on any atom is -0.326 e. The van der Waals surface area contributed by atoms with Crippen LogP contribution in [0, 0.1) is 6.92 Å². The van der Waals surface area contributed by atoms with Crippen molar-refractivity contribution in [2.24, 2.45) is 7.05 Å². The molecular formula is C19H21N5O. The lowest BCUT2D eigenvalue weighted by atomic mass is 10.1. The van der Waals surface area contributed by atoms with E-state index >= 15 is 0 Å². The van der Waals surface area contributed by atoms with Crippen molar-refractivity contribution in [2.45, 2.75) is 26.2 Å². The molecule has 1 aromatic heterocycles. The van der Waals surface area contributed by atoms with Gasteiger partial charge in [-0.25, -0.2) is 4.68 Å². The molecule has 6 nitrogen and oxygen atoms in total. The second kappa shape index (κ2) is 7.70. The molecule has 0 unspecified atom stereocenters. The number of anilines is 1. The Kier molecular flexibility index (Phi) is 5.18. The molecule has 0 radical (unpaired) electrons. The summed E-state index contributed by atoms with van der Waals surface area (Å²) in [5.74, 6) is 0.719. The summed E-state index contributed by atoms with van der Waals surface area (Å²) in [6.07, 6.45) is 2.24. The smallest absolute Gasteiger partial charge is 0.224 e. The highest BCUT2D eigenvalue weighted by Gasteiger charge is 2.07. The first-order valence-corrected chi connectivity index (χ1v) is 8.30. The molecule has 3 aromatic rings. The zero-order chi connectivity index (χ0) is 17.6. The lowest BCUT2D eigenvalue weighted by Gasteiger charge is -2.06. The summed E-state index contributed by atoms with van der Waals surface area (Å²) >= 11 is 0. The maximum absolute atomic E-state index is 12.1. The van der Waals surface area contributed by atoms with Gasteiger partial charge in [-0.2, -0.15) is 0 Å². The number of carbonyl (C=O) groups excluding carboxylic acids is 1. The van der Waals surface area contributed by atoms with E-state index in [1.165, 1.54) is 11.1 Å². The Labute approximate surface area is 146 Å². The third-order valence-corrected chi connectivity index (χ3v) is 4.04. The van der Waals surface area contributed by atoms with Gasteiger partial charge in [-0.05, 0) is 60.0 Å². The summed E-state index contributed by atoms with van der Waals surface area (Å²) in [7, 11) is 1.79. The first-order chi connectivity index (χ1) is 12.1. The Balaban J connectivity index is 1.49. The van der Waals surface area contributed by atoms with Crippen LogP contribution in [0.1, 0.15) is 24.0 Å². The fourth-order valence-electron chi connectivity index (χ4n) is 2.61. The third-order valence-electron chi connectivity index (χ3n) is 4.04. The molecule has 6 heteroatoms. The summed E-state index contributed by atoms with van der Waals surface area (Å²) in [5.41, 5.74) is 4.20. The van der Waals surface area contributed by atoms with E-state index < -0.39 is 0 Å². The number of rotatable bonds is 6. The van der Waals surface area contributed by atoms with E-state index in [2.05, 4.69) is 52.0 Å². The van der Waals surface area contributed by atoms with E-state index in [1.54, 1.807) is 11.7 Å². The number of carbonyl (C=O) groups is 1. The predicted molar refractivity (Wildman–Crippen MR) is 97.0 cm³/mol. The topological polar surface area (TPSA) is 72.7 Å². The second-order valence-corrected chi connectivity index (χ2v) is 6.09. The van der Waals surface area contributed by atoms with Crippen LogP contribution in [0.15, 0.2) is 48.5 Å². The van der Waals surface area contributed by atoms with Crippen molar-refractivity contribution < 1.29 is 4.79 Å². The van der Waals surface area contributed by atoms with Crippen LogP contribution in [-0.4, -0.2) is 26.1 Å². The third kappa shape index (κ3) is 4.50. The van der Waals surface area contributed by atoms with Gasteiger partial charge in [0, 0.05) is 24.7 Å². The number of nitrogens with zero attached hydrogens (tertiary/aromatic N) is 4. The fraction of sp³-hybridized carbons (Fsp3) is 0.263. The van der Waals surface area contributed by atoms with Crippen molar-refractivity contribution in [1.29, 1.82) is 0 Å². The predicted octanol–water partition coefficient (Wildman–Crippen LogP) is 3.15. The summed E-state index contributed by atoms with van der Waals surface area (Å²) in [4.78, 5) is 12.1. The number of aryl methyl sites for hydroxylation is 3. The Morgan fingerprint density at radius 2 is 1.80 bits per heavy atom. The maximum Gasteiger partial charge on any atom is 0.224 e. The minimum absolute atomic E-state index is 0.0280. The van der Waals surface area contributed by atoms with Gasteiger partial charge in [-0.3, -0.25) is 4.79 Å². The first kappa shape index (κ1) is 16.8. The molecule has 0 spiro atoms. The normalized spacial score (nSPS) is 10.6. The van der Waals surface area contributed by atoms with Crippen molar-refractivity contribution in [3.8, 4) is 11.4 Å². The van der Waals surface area contributed by atoms with E-state index in [0.717, 1.165) is 24.1 Å². The van der Waals surface area contributed by atoms with Crippen LogP contribution in [0.25, 0.3) is 11.4 Å². The molecule has 0 aliphatic rings. The summed E-state index contributed by atoms with van der Waals surface area (Å²) in [5, 5.41) is 14.3. The molecule has 1 amide bonds. The number of hydrogen-bond donors (Lipinski definition) is 1. The second-order valence-electron chi connectivity index (χ2n) is 6.09. The highest BCUT2D eigenvalue weighted by Crippen LogP contribution is 2.18. The van der Waals surface area contributed by atoms with Crippen molar-refractivity contribution in [2.75, 3.05) is 5.32 Å². The molecule has 0 aliphatic carbocycles. The Bertz CT molecular complexity index is 837. The van der Waals surface area contributed by atoms with Crippen molar-refractivity contribution in [1.82, 2.24) is 20.2 Å². The summed E-state index contributed by atoms with van der Waals surface area (Å²) in [6.45, 7) is 2.07. The van der Waals surface area contributed by atoms with E-state index in [9.17, 15) is 4.79 Å². The number of tetrazole rings is 1. The van der Waals surface area contributed by atoms with Crippen LogP contribution in [0.5, 0.6) is 0 Å². The molecule has 0 saturated heterocycles. The molecule has 0 aliphatic heterocycles. The van der Waals surface area contributed by atoms with Crippen LogP contribution in [0.4, 0.5) is 5.69 Å². The average molecular weight is 335 g/mol.